The number of aliphatic imine (C=N–C) groups is 1. The molecule has 1 aliphatic rings. The van der Waals surface area contributed by atoms with E-state index in [2.05, 4.69) is 51.1 Å². The minimum Gasteiger partial charge on any atom is -0.385 e. The van der Waals surface area contributed by atoms with Gasteiger partial charge in [0, 0.05) is 37.6 Å². The third-order valence-electron chi connectivity index (χ3n) is 4.52. The lowest BCUT2D eigenvalue weighted by Gasteiger charge is -2.28. The highest BCUT2D eigenvalue weighted by Gasteiger charge is 2.20. The summed E-state index contributed by atoms with van der Waals surface area (Å²) in [6.45, 7) is 5.93. The van der Waals surface area contributed by atoms with Crippen LogP contribution in [0, 0.1) is 0 Å². The number of hydrogen-bond acceptors (Lipinski definition) is 4. The summed E-state index contributed by atoms with van der Waals surface area (Å²) in [6.07, 6.45) is 8.49. The van der Waals surface area contributed by atoms with Gasteiger partial charge in [-0.1, -0.05) is 0 Å². The minimum atomic E-state index is 0.503. The molecule has 22 heavy (non-hydrogen) atoms. The molecule has 1 saturated heterocycles. The highest BCUT2D eigenvalue weighted by Crippen LogP contribution is 2.37. The number of hydrogen-bond donors (Lipinski definition) is 1. The predicted molar refractivity (Wildman–Crippen MR) is 91.2 cm³/mol. The number of rotatable bonds is 4. The van der Waals surface area contributed by atoms with Crippen molar-refractivity contribution in [3.8, 4) is 11.1 Å². The van der Waals surface area contributed by atoms with Crippen molar-refractivity contribution in [3.63, 3.8) is 0 Å². The quantitative estimate of drug-likeness (QED) is 0.883. The fourth-order valence-corrected chi connectivity index (χ4v) is 3.21. The van der Waals surface area contributed by atoms with Crippen molar-refractivity contribution < 1.29 is 0 Å². The van der Waals surface area contributed by atoms with Gasteiger partial charge >= 0.3 is 0 Å². The second-order valence-corrected chi connectivity index (χ2v) is 6.00. The Bertz CT molecular complexity index is 660. The Morgan fingerprint density at radius 3 is 2.64 bits per heavy atom. The standard InChI is InChI=1S/C16H24N6/c1-17-15-14(11-21(4)16(15)18-2)12-9-19-22(10-12)13-5-7-20(3)8-6-13/h9-11,13,17H,2,5-8H2,1,3-4H3. The van der Waals surface area contributed by atoms with E-state index >= 15 is 0 Å². The molecule has 6 heteroatoms. The molecule has 0 atom stereocenters. The average molecular weight is 300 g/mol. The van der Waals surface area contributed by atoms with Crippen LogP contribution in [0.25, 0.3) is 11.1 Å². The number of anilines is 1. The molecule has 2 aromatic rings. The molecular formula is C16H24N6. The smallest absolute Gasteiger partial charge is 0.155 e. The first-order valence-electron chi connectivity index (χ1n) is 7.71. The molecule has 0 spiro atoms. The lowest BCUT2D eigenvalue weighted by atomic mass is 10.1. The fraction of sp³-hybridized carbons (Fsp3) is 0.500. The largest absolute Gasteiger partial charge is 0.385 e. The Morgan fingerprint density at radius 2 is 2.00 bits per heavy atom. The summed E-state index contributed by atoms with van der Waals surface area (Å²) in [6, 6.07) is 0.503. The summed E-state index contributed by atoms with van der Waals surface area (Å²) >= 11 is 0. The van der Waals surface area contributed by atoms with E-state index in [0.29, 0.717) is 6.04 Å². The molecule has 0 amide bonds. The van der Waals surface area contributed by atoms with Crippen LogP contribution in [-0.4, -0.2) is 53.1 Å². The molecule has 0 unspecified atom stereocenters. The Morgan fingerprint density at radius 1 is 1.27 bits per heavy atom. The summed E-state index contributed by atoms with van der Waals surface area (Å²) < 4.78 is 4.11. The van der Waals surface area contributed by atoms with Crippen LogP contribution < -0.4 is 5.32 Å². The molecule has 3 rings (SSSR count). The molecule has 0 aliphatic carbocycles. The first-order valence-corrected chi connectivity index (χ1v) is 7.71. The van der Waals surface area contributed by atoms with Crippen LogP contribution in [0.2, 0.25) is 0 Å². The van der Waals surface area contributed by atoms with Crippen molar-refractivity contribution in [2.75, 3.05) is 32.5 Å². The normalized spacial score (nSPS) is 16.9. The van der Waals surface area contributed by atoms with Crippen LogP contribution in [0.4, 0.5) is 11.5 Å². The van der Waals surface area contributed by atoms with Crippen molar-refractivity contribution in [1.82, 2.24) is 19.2 Å². The number of nitrogens with one attached hydrogen (secondary N) is 1. The summed E-state index contributed by atoms with van der Waals surface area (Å²) in [7, 11) is 6.07. The molecule has 0 radical (unpaired) electrons. The predicted octanol–water partition coefficient (Wildman–Crippen LogP) is 2.53. The highest BCUT2D eigenvalue weighted by molar-refractivity contribution is 5.85. The maximum Gasteiger partial charge on any atom is 0.155 e. The van der Waals surface area contributed by atoms with E-state index in [9.17, 15) is 0 Å². The Balaban J connectivity index is 1.89. The first kappa shape index (κ1) is 14.8. The van der Waals surface area contributed by atoms with Gasteiger partial charge in [0.25, 0.3) is 0 Å². The summed E-state index contributed by atoms with van der Waals surface area (Å²) in [5, 5.41) is 7.83. The lowest BCUT2D eigenvalue weighted by molar-refractivity contribution is 0.212. The van der Waals surface area contributed by atoms with E-state index in [4.69, 9.17) is 0 Å². The molecule has 0 bridgehead atoms. The number of piperidine rings is 1. The zero-order chi connectivity index (χ0) is 15.7. The van der Waals surface area contributed by atoms with Gasteiger partial charge in [-0.15, -0.1) is 0 Å². The lowest BCUT2D eigenvalue weighted by Crippen LogP contribution is -2.31. The average Bonchev–Trinajstić information content (AvgIpc) is 3.11. The topological polar surface area (TPSA) is 50.4 Å². The van der Waals surface area contributed by atoms with Gasteiger partial charge in [0.1, 0.15) is 0 Å². The summed E-state index contributed by atoms with van der Waals surface area (Å²) in [5.74, 6) is 0.851. The van der Waals surface area contributed by atoms with Gasteiger partial charge in [0.05, 0.1) is 17.9 Å². The van der Waals surface area contributed by atoms with Gasteiger partial charge in [-0.05, 0) is 39.7 Å². The number of likely N-dealkylation sites (tertiary alicyclic amines) is 1. The van der Waals surface area contributed by atoms with E-state index in [1.807, 2.05) is 24.9 Å². The van der Waals surface area contributed by atoms with Crippen LogP contribution >= 0.6 is 0 Å². The van der Waals surface area contributed by atoms with Gasteiger partial charge in [0.2, 0.25) is 0 Å². The van der Waals surface area contributed by atoms with Crippen molar-refractivity contribution in [2.24, 2.45) is 12.0 Å². The van der Waals surface area contributed by atoms with E-state index in [1.165, 1.54) is 0 Å². The van der Waals surface area contributed by atoms with Crippen molar-refractivity contribution in [1.29, 1.82) is 0 Å². The van der Waals surface area contributed by atoms with E-state index in [1.54, 1.807) is 0 Å². The zero-order valence-corrected chi connectivity index (χ0v) is 13.6. The van der Waals surface area contributed by atoms with Gasteiger partial charge in [-0.2, -0.15) is 5.10 Å². The first-order chi connectivity index (χ1) is 10.6. The molecular weight excluding hydrogens is 276 g/mol. The molecule has 1 fully saturated rings. The highest BCUT2D eigenvalue weighted by atomic mass is 15.3. The van der Waals surface area contributed by atoms with E-state index in [-0.39, 0.29) is 0 Å². The number of aryl methyl sites for hydroxylation is 1. The van der Waals surface area contributed by atoms with Crippen LogP contribution in [0.3, 0.4) is 0 Å². The fourth-order valence-electron chi connectivity index (χ4n) is 3.21. The zero-order valence-electron chi connectivity index (χ0n) is 13.6. The van der Waals surface area contributed by atoms with Crippen LogP contribution in [0.1, 0.15) is 18.9 Å². The van der Waals surface area contributed by atoms with Crippen LogP contribution in [-0.2, 0) is 7.05 Å². The van der Waals surface area contributed by atoms with Crippen molar-refractivity contribution in [2.45, 2.75) is 18.9 Å². The van der Waals surface area contributed by atoms with Crippen LogP contribution in [0.5, 0.6) is 0 Å². The molecule has 0 aromatic carbocycles. The maximum absolute atomic E-state index is 4.60. The van der Waals surface area contributed by atoms with Gasteiger partial charge in [-0.3, -0.25) is 4.68 Å². The third kappa shape index (κ3) is 2.54. The maximum atomic E-state index is 4.60. The molecule has 6 nitrogen and oxygen atoms in total. The third-order valence-corrected chi connectivity index (χ3v) is 4.52. The number of aromatic nitrogens is 3. The second-order valence-electron chi connectivity index (χ2n) is 6.00. The molecule has 1 aliphatic heterocycles. The molecule has 0 saturated carbocycles. The monoisotopic (exact) mass is 300 g/mol. The van der Waals surface area contributed by atoms with Crippen LogP contribution in [0.15, 0.2) is 23.6 Å². The Hall–Kier alpha value is -2.08. The SMILES string of the molecule is C=Nc1c(NC)c(-c2cnn(C3CCN(C)CC3)c2)cn1C. The molecule has 1 N–H and O–H groups in total. The molecule has 118 valence electrons. The van der Waals surface area contributed by atoms with E-state index < -0.39 is 0 Å². The summed E-state index contributed by atoms with van der Waals surface area (Å²) in [4.78, 5) is 6.48. The van der Waals surface area contributed by atoms with Gasteiger partial charge < -0.3 is 14.8 Å². The van der Waals surface area contributed by atoms with Crippen molar-refractivity contribution >= 4 is 18.2 Å². The Labute approximate surface area is 131 Å². The summed E-state index contributed by atoms with van der Waals surface area (Å²) in [5.41, 5.74) is 3.24. The number of nitrogens with zero attached hydrogens (tertiary/aromatic N) is 5. The van der Waals surface area contributed by atoms with Gasteiger partial charge in [0.15, 0.2) is 5.82 Å². The minimum absolute atomic E-state index is 0.503. The molecule has 3 heterocycles. The second kappa shape index (κ2) is 5.96. The van der Waals surface area contributed by atoms with Crippen molar-refractivity contribution in [3.05, 3.63) is 18.6 Å². The van der Waals surface area contributed by atoms with Gasteiger partial charge in [-0.25, -0.2) is 4.99 Å². The Kier molecular flexibility index (Phi) is 4.02. The molecule has 2 aromatic heterocycles. The van der Waals surface area contributed by atoms with E-state index in [0.717, 1.165) is 48.6 Å².